The summed E-state index contributed by atoms with van der Waals surface area (Å²) >= 11 is 1.46. The minimum Gasteiger partial charge on any atom is -0.390 e. The van der Waals surface area contributed by atoms with Gasteiger partial charge in [-0.15, -0.1) is 5.10 Å². The average molecular weight is 398 g/mol. The van der Waals surface area contributed by atoms with Crippen LogP contribution in [0.1, 0.15) is 36.8 Å². The van der Waals surface area contributed by atoms with E-state index in [2.05, 4.69) is 49.9 Å². The van der Waals surface area contributed by atoms with Gasteiger partial charge in [0.1, 0.15) is 6.10 Å². The first kappa shape index (κ1) is 17.8. The number of aliphatic hydroxyl groups excluding tert-OH is 2. The van der Waals surface area contributed by atoms with Gasteiger partial charge in [-0.25, -0.2) is 14.6 Å². The Morgan fingerprint density at radius 2 is 1.96 bits per heavy atom. The summed E-state index contributed by atoms with van der Waals surface area (Å²) in [6.07, 6.45) is 2.56. The molecule has 5 rings (SSSR count). The van der Waals surface area contributed by atoms with Gasteiger partial charge in [-0.05, 0) is 31.1 Å². The minimum atomic E-state index is -0.861. The van der Waals surface area contributed by atoms with E-state index in [0.717, 1.165) is 6.42 Å². The molecule has 146 valence electrons. The molecule has 2 aliphatic carbocycles. The lowest BCUT2D eigenvalue weighted by Crippen LogP contribution is -2.28. The maximum Gasteiger partial charge on any atom is 0.191 e. The number of anilines is 1. The fourth-order valence-electron chi connectivity index (χ4n) is 4.03. The van der Waals surface area contributed by atoms with Gasteiger partial charge in [0, 0.05) is 12.0 Å². The van der Waals surface area contributed by atoms with E-state index in [1.165, 1.54) is 17.3 Å². The summed E-state index contributed by atoms with van der Waals surface area (Å²) in [5.74, 6) is 1.14. The maximum absolute atomic E-state index is 10.3. The van der Waals surface area contributed by atoms with Gasteiger partial charge in [0.05, 0.1) is 12.1 Å². The Bertz CT molecular complexity index is 997. The van der Waals surface area contributed by atoms with Gasteiger partial charge >= 0.3 is 0 Å². The van der Waals surface area contributed by atoms with Gasteiger partial charge in [-0.2, -0.15) is 0 Å². The molecule has 2 saturated carbocycles. The van der Waals surface area contributed by atoms with Gasteiger partial charge in [-0.1, -0.05) is 47.3 Å². The van der Waals surface area contributed by atoms with Crippen LogP contribution >= 0.6 is 11.8 Å². The van der Waals surface area contributed by atoms with Crippen LogP contribution in [0.3, 0.4) is 0 Å². The number of aliphatic hydroxyl groups is 2. The Balaban J connectivity index is 1.46. The first-order valence-electron chi connectivity index (χ1n) is 9.50. The van der Waals surface area contributed by atoms with Crippen LogP contribution in [0.5, 0.6) is 0 Å². The van der Waals surface area contributed by atoms with Crippen molar-refractivity contribution in [2.45, 2.75) is 54.6 Å². The third-order valence-corrected chi connectivity index (χ3v) is 6.23. The molecule has 8 nitrogen and oxygen atoms in total. The largest absolute Gasteiger partial charge is 0.390 e. The molecule has 2 heterocycles. The van der Waals surface area contributed by atoms with E-state index in [9.17, 15) is 10.2 Å². The molecule has 9 heteroatoms. The van der Waals surface area contributed by atoms with Crippen LogP contribution in [0, 0.1) is 0 Å². The van der Waals surface area contributed by atoms with Crippen molar-refractivity contribution in [2.24, 2.45) is 0 Å². The third kappa shape index (κ3) is 3.03. The number of hydrogen-bond acceptors (Lipinski definition) is 8. The molecule has 0 radical (unpaired) electrons. The van der Waals surface area contributed by atoms with Crippen LogP contribution in [0.4, 0.5) is 5.82 Å². The predicted octanol–water partition coefficient (Wildman–Crippen LogP) is 1.97. The first-order chi connectivity index (χ1) is 13.7. The molecule has 28 heavy (non-hydrogen) atoms. The highest BCUT2D eigenvalue weighted by Gasteiger charge is 2.40. The monoisotopic (exact) mass is 398 g/mol. The van der Waals surface area contributed by atoms with Crippen LogP contribution in [0.2, 0.25) is 0 Å². The average Bonchev–Trinajstić information content (AvgIpc) is 3.24. The summed E-state index contributed by atoms with van der Waals surface area (Å²) in [7, 11) is 0. The first-order valence-corrected chi connectivity index (χ1v) is 10.7. The van der Waals surface area contributed by atoms with Crippen LogP contribution < -0.4 is 5.32 Å². The fraction of sp³-hybridized carbons (Fsp3) is 0.474. The zero-order valence-electron chi connectivity index (χ0n) is 15.4. The van der Waals surface area contributed by atoms with Gasteiger partial charge < -0.3 is 15.5 Å². The number of fused-ring (bicyclic) bond motifs is 1. The molecule has 3 aromatic rings. The number of hydrogen-bond donors (Lipinski definition) is 3. The lowest BCUT2D eigenvalue weighted by atomic mass is 10.1. The van der Waals surface area contributed by atoms with E-state index < -0.39 is 12.2 Å². The van der Waals surface area contributed by atoms with Crippen molar-refractivity contribution in [3.8, 4) is 0 Å². The zero-order valence-corrected chi connectivity index (χ0v) is 16.3. The van der Waals surface area contributed by atoms with Crippen LogP contribution in [0.25, 0.3) is 11.2 Å². The molecule has 0 amide bonds. The molecule has 2 unspecified atom stereocenters. The Morgan fingerprint density at radius 1 is 1.14 bits per heavy atom. The molecular formula is C19H22N6O2S. The fourth-order valence-corrected chi connectivity index (χ4v) is 4.39. The van der Waals surface area contributed by atoms with Crippen molar-refractivity contribution < 1.29 is 10.2 Å². The molecule has 3 N–H and O–H groups in total. The van der Waals surface area contributed by atoms with Crippen molar-refractivity contribution in [2.75, 3.05) is 11.6 Å². The number of nitrogens with one attached hydrogen (secondary N) is 1. The van der Waals surface area contributed by atoms with Crippen LogP contribution in [-0.4, -0.2) is 59.7 Å². The standard InChI is InChI=1S/C19H22N6O2S/c1-28-19-21-17(20-12-9-11(12)10-5-3-2-4-6-10)15-18(22-19)25(24-23-15)13-7-8-14(26)16(13)27/h2-6,11-14,16,26-27H,7-9H2,1H3,(H,20,21,22)/t11?,12?,13-,14-,16+/m1/s1. The van der Waals surface area contributed by atoms with E-state index in [4.69, 9.17) is 0 Å². The topological polar surface area (TPSA) is 109 Å². The molecule has 0 aliphatic heterocycles. The second-order valence-corrected chi connectivity index (χ2v) is 8.24. The smallest absolute Gasteiger partial charge is 0.191 e. The molecule has 2 aliphatic rings. The molecule has 0 bridgehead atoms. The summed E-state index contributed by atoms with van der Waals surface area (Å²) in [6, 6.07) is 10.4. The summed E-state index contributed by atoms with van der Waals surface area (Å²) in [4.78, 5) is 9.19. The second kappa shape index (κ2) is 6.98. The van der Waals surface area contributed by atoms with Crippen molar-refractivity contribution in [3.05, 3.63) is 35.9 Å². The molecule has 5 atom stereocenters. The van der Waals surface area contributed by atoms with E-state index in [-0.39, 0.29) is 6.04 Å². The highest BCUT2D eigenvalue weighted by atomic mass is 32.2. The highest BCUT2D eigenvalue weighted by Crippen LogP contribution is 2.43. The third-order valence-electron chi connectivity index (χ3n) is 5.69. The number of aromatic nitrogens is 5. The second-order valence-electron chi connectivity index (χ2n) is 7.47. The Morgan fingerprint density at radius 3 is 2.68 bits per heavy atom. The van der Waals surface area contributed by atoms with Crippen LogP contribution in [-0.2, 0) is 0 Å². The molecule has 2 aromatic heterocycles. The van der Waals surface area contributed by atoms with Crippen molar-refractivity contribution >= 4 is 28.7 Å². The highest BCUT2D eigenvalue weighted by molar-refractivity contribution is 7.98. The lowest BCUT2D eigenvalue weighted by Gasteiger charge is -2.16. The normalized spacial score (nSPS) is 29.3. The lowest BCUT2D eigenvalue weighted by molar-refractivity contribution is 0.0215. The summed E-state index contributed by atoms with van der Waals surface area (Å²) in [6.45, 7) is 0. The Hall–Kier alpha value is -2.23. The molecule has 2 fully saturated rings. The van der Waals surface area contributed by atoms with E-state index >= 15 is 0 Å². The Labute approximate surface area is 166 Å². The van der Waals surface area contributed by atoms with E-state index in [1.54, 1.807) is 4.68 Å². The molecular weight excluding hydrogens is 376 g/mol. The number of nitrogens with zero attached hydrogens (tertiary/aromatic N) is 5. The van der Waals surface area contributed by atoms with Crippen molar-refractivity contribution in [3.63, 3.8) is 0 Å². The molecule has 1 aromatic carbocycles. The van der Waals surface area contributed by atoms with Crippen molar-refractivity contribution in [1.82, 2.24) is 25.0 Å². The van der Waals surface area contributed by atoms with E-state index in [0.29, 0.717) is 46.9 Å². The molecule has 0 spiro atoms. The van der Waals surface area contributed by atoms with E-state index in [1.807, 2.05) is 12.3 Å². The van der Waals surface area contributed by atoms with Crippen LogP contribution in [0.15, 0.2) is 35.5 Å². The summed E-state index contributed by atoms with van der Waals surface area (Å²) in [5.41, 5.74) is 2.52. The van der Waals surface area contributed by atoms with Gasteiger partial charge in [0.15, 0.2) is 22.1 Å². The van der Waals surface area contributed by atoms with Crippen molar-refractivity contribution in [1.29, 1.82) is 0 Å². The van der Waals surface area contributed by atoms with Gasteiger partial charge in [0.25, 0.3) is 0 Å². The summed E-state index contributed by atoms with van der Waals surface area (Å²) < 4.78 is 1.64. The maximum atomic E-state index is 10.3. The Kier molecular flexibility index (Phi) is 4.45. The predicted molar refractivity (Wildman–Crippen MR) is 106 cm³/mol. The quantitative estimate of drug-likeness (QED) is 0.442. The minimum absolute atomic E-state index is 0.305. The molecule has 0 saturated heterocycles. The zero-order chi connectivity index (χ0) is 19.3. The SMILES string of the molecule is CSc1nc(NC2CC2c2ccccc2)c2nnn([C@@H]3CC[C@@H](O)[C@H]3O)c2n1. The summed E-state index contributed by atoms with van der Waals surface area (Å²) in [5, 5.41) is 32.9. The number of benzene rings is 1. The number of thioether (sulfide) groups is 1. The number of rotatable bonds is 5. The van der Waals surface area contributed by atoms with Gasteiger partial charge in [-0.3, -0.25) is 0 Å². The van der Waals surface area contributed by atoms with Gasteiger partial charge in [0.2, 0.25) is 0 Å².